The van der Waals surface area contributed by atoms with Crippen LogP contribution in [0.4, 0.5) is 5.13 Å². The van der Waals surface area contributed by atoms with Gasteiger partial charge in [0.2, 0.25) is 0 Å². The van der Waals surface area contributed by atoms with E-state index in [1.165, 1.54) is 0 Å². The minimum absolute atomic E-state index is 0.576. The van der Waals surface area contributed by atoms with Gasteiger partial charge in [-0.1, -0.05) is 0 Å². The van der Waals surface area contributed by atoms with E-state index in [0.29, 0.717) is 6.54 Å². The van der Waals surface area contributed by atoms with Crippen LogP contribution in [0, 0.1) is 0 Å². The summed E-state index contributed by atoms with van der Waals surface area (Å²) in [5.74, 6) is 0. The molecule has 1 N–H and O–H groups in total. The molecule has 0 saturated carbocycles. The summed E-state index contributed by atoms with van der Waals surface area (Å²) in [5, 5.41) is 12.4. The molecule has 1 aromatic rings. The molecule has 1 rings (SSSR count). The molecule has 13 heavy (non-hydrogen) atoms. The van der Waals surface area contributed by atoms with Gasteiger partial charge in [-0.05, 0) is 29.8 Å². The van der Waals surface area contributed by atoms with E-state index in [1.807, 2.05) is 17.3 Å². The van der Waals surface area contributed by atoms with Crippen LogP contribution >= 0.6 is 27.3 Å². The van der Waals surface area contributed by atoms with E-state index in [1.54, 1.807) is 25.2 Å². The van der Waals surface area contributed by atoms with Gasteiger partial charge in [0.15, 0.2) is 5.13 Å². The number of nitrogens with zero attached hydrogens (tertiary/aromatic N) is 2. The van der Waals surface area contributed by atoms with E-state index in [-0.39, 0.29) is 0 Å². The molecule has 0 fully saturated rings. The van der Waals surface area contributed by atoms with E-state index in [2.05, 4.69) is 20.9 Å². The van der Waals surface area contributed by atoms with Crippen molar-refractivity contribution >= 4 is 32.4 Å². The predicted octanol–water partition coefficient (Wildman–Crippen LogP) is 2.11. The second-order valence-corrected chi connectivity index (χ2v) is 5.27. The molecule has 0 atom stereocenters. The molecule has 0 amide bonds. The van der Waals surface area contributed by atoms with Crippen LogP contribution in [0.25, 0.3) is 0 Å². The topological polar surface area (TPSA) is 36.4 Å². The Morgan fingerprint density at radius 1 is 1.69 bits per heavy atom. The van der Waals surface area contributed by atoms with Crippen molar-refractivity contribution in [1.29, 1.82) is 0 Å². The number of likely N-dealkylation sites (N-methyl/N-ethyl adjacent to an activating group) is 1. The molecule has 0 spiro atoms. The van der Waals surface area contributed by atoms with Gasteiger partial charge in [-0.25, -0.2) is 4.98 Å². The summed E-state index contributed by atoms with van der Waals surface area (Å²) in [4.78, 5) is 6.18. The van der Waals surface area contributed by atoms with Crippen molar-refractivity contribution in [3.63, 3.8) is 0 Å². The van der Waals surface area contributed by atoms with Crippen LogP contribution < -0.4 is 4.90 Å². The van der Waals surface area contributed by atoms with Crippen LogP contribution in [-0.2, 0) is 0 Å². The lowest BCUT2D eigenvalue weighted by atomic mass is 10.1. The largest absolute Gasteiger partial charge is 0.389 e. The summed E-state index contributed by atoms with van der Waals surface area (Å²) in [5.41, 5.74) is -0.688. The SMILES string of the molecule is CN(CC(C)(C)O)c1nc(Br)cs1. The first-order chi connectivity index (χ1) is 5.88. The third kappa shape index (κ3) is 3.62. The maximum Gasteiger partial charge on any atom is 0.186 e. The van der Waals surface area contributed by atoms with E-state index >= 15 is 0 Å². The number of anilines is 1. The van der Waals surface area contributed by atoms with Crippen LogP contribution in [0.1, 0.15) is 13.8 Å². The van der Waals surface area contributed by atoms with Gasteiger partial charge in [-0.3, -0.25) is 0 Å². The fraction of sp³-hybridized carbons (Fsp3) is 0.625. The Bertz CT molecular complexity index is 282. The summed E-state index contributed by atoms with van der Waals surface area (Å²) >= 11 is 4.85. The lowest BCUT2D eigenvalue weighted by Crippen LogP contribution is -2.36. The molecule has 0 aliphatic heterocycles. The van der Waals surface area contributed by atoms with Crippen molar-refractivity contribution in [2.45, 2.75) is 19.4 Å². The second-order valence-electron chi connectivity index (χ2n) is 3.62. The van der Waals surface area contributed by atoms with Gasteiger partial charge in [0.05, 0.1) is 5.60 Å². The fourth-order valence-electron chi connectivity index (χ4n) is 1.07. The van der Waals surface area contributed by atoms with Crippen LogP contribution in [-0.4, -0.2) is 29.3 Å². The highest BCUT2D eigenvalue weighted by atomic mass is 79.9. The van der Waals surface area contributed by atoms with Crippen molar-refractivity contribution in [1.82, 2.24) is 4.98 Å². The highest BCUT2D eigenvalue weighted by Gasteiger charge is 2.17. The highest BCUT2D eigenvalue weighted by molar-refractivity contribution is 9.10. The van der Waals surface area contributed by atoms with Crippen molar-refractivity contribution in [2.24, 2.45) is 0 Å². The zero-order valence-corrected chi connectivity index (χ0v) is 10.3. The smallest absolute Gasteiger partial charge is 0.186 e. The molecule has 0 bridgehead atoms. The minimum Gasteiger partial charge on any atom is -0.389 e. The molecule has 3 nitrogen and oxygen atoms in total. The number of thiazole rings is 1. The van der Waals surface area contributed by atoms with Gasteiger partial charge >= 0.3 is 0 Å². The molecule has 1 aromatic heterocycles. The zero-order chi connectivity index (χ0) is 10.1. The number of aromatic nitrogens is 1. The number of halogens is 1. The van der Waals surface area contributed by atoms with Crippen LogP contribution in [0.15, 0.2) is 9.98 Å². The van der Waals surface area contributed by atoms with Crippen LogP contribution in [0.3, 0.4) is 0 Å². The van der Waals surface area contributed by atoms with Crippen molar-refractivity contribution in [3.05, 3.63) is 9.98 Å². The monoisotopic (exact) mass is 264 g/mol. The summed E-state index contributed by atoms with van der Waals surface area (Å²) in [7, 11) is 1.92. The first kappa shape index (κ1) is 10.9. The quantitative estimate of drug-likeness (QED) is 0.909. The molecule has 0 aliphatic carbocycles. The summed E-state index contributed by atoms with van der Waals surface area (Å²) < 4.78 is 0.843. The third-order valence-electron chi connectivity index (χ3n) is 1.41. The van der Waals surface area contributed by atoms with Gasteiger partial charge in [0, 0.05) is 19.0 Å². The molecule has 5 heteroatoms. The average Bonchev–Trinajstić information content (AvgIpc) is 2.31. The molecular weight excluding hydrogens is 252 g/mol. The predicted molar refractivity (Wildman–Crippen MR) is 59.4 cm³/mol. The molecule has 1 heterocycles. The van der Waals surface area contributed by atoms with E-state index in [4.69, 9.17) is 0 Å². The van der Waals surface area contributed by atoms with E-state index in [9.17, 15) is 5.11 Å². The first-order valence-electron chi connectivity index (χ1n) is 3.93. The Morgan fingerprint density at radius 2 is 2.31 bits per heavy atom. The normalized spacial score (nSPS) is 11.8. The number of hydrogen-bond acceptors (Lipinski definition) is 4. The van der Waals surface area contributed by atoms with Gasteiger partial charge in [0.25, 0.3) is 0 Å². The van der Waals surface area contributed by atoms with Gasteiger partial charge in [0.1, 0.15) is 4.60 Å². The minimum atomic E-state index is -0.688. The summed E-state index contributed by atoms with van der Waals surface area (Å²) in [6, 6.07) is 0. The Balaban J connectivity index is 2.64. The maximum absolute atomic E-state index is 9.58. The molecule has 0 aliphatic rings. The van der Waals surface area contributed by atoms with E-state index in [0.717, 1.165) is 9.73 Å². The van der Waals surface area contributed by atoms with Gasteiger partial charge in [-0.2, -0.15) is 0 Å². The molecule has 0 saturated heterocycles. The Morgan fingerprint density at radius 3 is 2.69 bits per heavy atom. The second kappa shape index (κ2) is 3.94. The molecular formula is C8H13BrN2OS. The van der Waals surface area contributed by atoms with Crippen molar-refractivity contribution in [2.75, 3.05) is 18.5 Å². The summed E-state index contributed by atoms with van der Waals surface area (Å²) in [6.45, 7) is 4.14. The first-order valence-corrected chi connectivity index (χ1v) is 5.60. The van der Waals surface area contributed by atoms with Gasteiger partial charge in [-0.15, -0.1) is 11.3 Å². The standard InChI is InChI=1S/C8H13BrN2OS/c1-8(2,12)5-11(3)7-10-6(9)4-13-7/h4,12H,5H2,1-3H3. The number of rotatable bonds is 3. The average molecular weight is 265 g/mol. The van der Waals surface area contributed by atoms with Crippen LogP contribution in [0.5, 0.6) is 0 Å². The van der Waals surface area contributed by atoms with E-state index < -0.39 is 5.60 Å². The number of aliphatic hydroxyl groups is 1. The molecule has 74 valence electrons. The Hall–Kier alpha value is -0.130. The van der Waals surface area contributed by atoms with Crippen molar-refractivity contribution < 1.29 is 5.11 Å². The van der Waals surface area contributed by atoms with Crippen LogP contribution in [0.2, 0.25) is 0 Å². The third-order valence-corrected chi connectivity index (χ3v) is 3.08. The molecule has 0 radical (unpaired) electrons. The lowest BCUT2D eigenvalue weighted by molar-refractivity contribution is 0.0886. The van der Waals surface area contributed by atoms with Crippen molar-refractivity contribution in [3.8, 4) is 0 Å². The summed E-state index contributed by atoms with van der Waals surface area (Å²) in [6.07, 6.45) is 0. The molecule has 0 aromatic carbocycles. The maximum atomic E-state index is 9.58. The number of hydrogen-bond donors (Lipinski definition) is 1. The molecule has 0 unspecified atom stereocenters. The van der Waals surface area contributed by atoms with Gasteiger partial charge < -0.3 is 10.0 Å². The Labute approximate surface area is 90.5 Å². The highest BCUT2D eigenvalue weighted by Crippen LogP contribution is 2.23. The fourth-order valence-corrected chi connectivity index (χ4v) is 2.29. The lowest BCUT2D eigenvalue weighted by Gasteiger charge is -2.24. The zero-order valence-electron chi connectivity index (χ0n) is 7.91. The Kier molecular flexibility index (Phi) is 3.32.